The van der Waals surface area contributed by atoms with E-state index in [1.54, 1.807) is 0 Å². The van der Waals surface area contributed by atoms with Crippen LogP contribution < -0.4 is 0 Å². The molecule has 0 saturated heterocycles. The Labute approximate surface area is 134 Å². The van der Waals surface area contributed by atoms with Crippen molar-refractivity contribution in [1.29, 1.82) is 0 Å². The van der Waals surface area contributed by atoms with E-state index >= 15 is 0 Å². The quantitative estimate of drug-likeness (QED) is 0.727. The van der Waals surface area contributed by atoms with Gasteiger partial charge in [0.25, 0.3) is 5.91 Å². The second-order valence-electron chi connectivity index (χ2n) is 5.64. The number of carbonyl (C=O) groups excluding carboxylic acids is 1. The van der Waals surface area contributed by atoms with E-state index in [4.69, 9.17) is 4.42 Å². The Hall–Kier alpha value is -2.88. The Bertz CT molecular complexity index is 839. The molecule has 1 aromatic heterocycles. The van der Waals surface area contributed by atoms with Crippen molar-refractivity contribution in [3.8, 4) is 11.3 Å². The standard InChI is InChI=1S/C19H16N2O2/c22-19(21-11-10-14-6-4-5-9-16(14)12-21)18-17(20-13-23-18)15-7-2-1-3-8-15/h1-9,13H,10-12H2. The van der Waals surface area contributed by atoms with E-state index in [1.165, 1.54) is 17.5 Å². The van der Waals surface area contributed by atoms with Crippen molar-refractivity contribution in [2.24, 2.45) is 0 Å². The van der Waals surface area contributed by atoms with Gasteiger partial charge in [-0.25, -0.2) is 4.98 Å². The number of hydrogen-bond acceptors (Lipinski definition) is 3. The van der Waals surface area contributed by atoms with Crippen molar-refractivity contribution < 1.29 is 9.21 Å². The van der Waals surface area contributed by atoms with Crippen LogP contribution in [0, 0.1) is 0 Å². The second-order valence-corrected chi connectivity index (χ2v) is 5.64. The van der Waals surface area contributed by atoms with Crippen LogP contribution >= 0.6 is 0 Å². The summed E-state index contributed by atoms with van der Waals surface area (Å²) in [5.74, 6) is 0.214. The molecule has 0 atom stereocenters. The minimum absolute atomic E-state index is 0.101. The van der Waals surface area contributed by atoms with Gasteiger partial charge in [0.2, 0.25) is 5.76 Å². The van der Waals surface area contributed by atoms with Gasteiger partial charge in [0.15, 0.2) is 6.39 Å². The number of rotatable bonds is 2. The predicted octanol–water partition coefficient (Wildman–Crippen LogP) is 3.54. The molecule has 0 N–H and O–H groups in total. The third-order valence-corrected chi connectivity index (χ3v) is 4.23. The predicted molar refractivity (Wildman–Crippen MR) is 86.8 cm³/mol. The zero-order chi connectivity index (χ0) is 15.6. The molecule has 0 fully saturated rings. The highest BCUT2D eigenvalue weighted by atomic mass is 16.3. The van der Waals surface area contributed by atoms with Crippen molar-refractivity contribution in [3.63, 3.8) is 0 Å². The molecule has 0 unspecified atom stereocenters. The minimum Gasteiger partial charge on any atom is -0.438 e. The van der Waals surface area contributed by atoms with Gasteiger partial charge in [0, 0.05) is 18.7 Å². The lowest BCUT2D eigenvalue weighted by atomic mass is 9.99. The van der Waals surface area contributed by atoms with Crippen molar-refractivity contribution in [3.05, 3.63) is 77.9 Å². The summed E-state index contributed by atoms with van der Waals surface area (Å²) in [6.07, 6.45) is 2.21. The normalized spacial score (nSPS) is 13.7. The molecule has 0 bridgehead atoms. The van der Waals surface area contributed by atoms with Crippen molar-refractivity contribution in [1.82, 2.24) is 9.88 Å². The Morgan fingerprint density at radius 2 is 1.74 bits per heavy atom. The Morgan fingerprint density at radius 1 is 1.00 bits per heavy atom. The maximum absolute atomic E-state index is 12.9. The van der Waals surface area contributed by atoms with E-state index in [0.29, 0.717) is 24.5 Å². The van der Waals surface area contributed by atoms with E-state index in [1.807, 2.05) is 47.4 Å². The van der Waals surface area contributed by atoms with Crippen LogP contribution in [-0.2, 0) is 13.0 Å². The lowest BCUT2D eigenvalue weighted by Crippen LogP contribution is -2.36. The molecule has 1 aliphatic heterocycles. The number of benzene rings is 2. The summed E-state index contributed by atoms with van der Waals surface area (Å²) < 4.78 is 5.42. The first-order valence-electron chi connectivity index (χ1n) is 7.68. The number of aromatic nitrogens is 1. The molecule has 2 aromatic carbocycles. The van der Waals surface area contributed by atoms with Crippen LogP contribution in [0.25, 0.3) is 11.3 Å². The van der Waals surface area contributed by atoms with Crippen LogP contribution in [0.4, 0.5) is 0 Å². The SMILES string of the molecule is O=C(c1ocnc1-c1ccccc1)N1CCc2ccccc2C1. The number of fused-ring (bicyclic) bond motifs is 1. The third-order valence-electron chi connectivity index (χ3n) is 4.23. The highest BCUT2D eigenvalue weighted by molar-refractivity contribution is 5.97. The van der Waals surface area contributed by atoms with E-state index in [-0.39, 0.29) is 5.91 Å². The average molecular weight is 304 g/mol. The topological polar surface area (TPSA) is 46.3 Å². The molecule has 23 heavy (non-hydrogen) atoms. The van der Waals surface area contributed by atoms with Gasteiger partial charge in [-0.05, 0) is 17.5 Å². The summed E-state index contributed by atoms with van der Waals surface area (Å²) in [6.45, 7) is 1.31. The molecule has 2 heterocycles. The Kier molecular flexibility index (Phi) is 3.42. The smallest absolute Gasteiger partial charge is 0.292 e. The summed E-state index contributed by atoms with van der Waals surface area (Å²) in [7, 11) is 0. The zero-order valence-electron chi connectivity index (χ0n) is 12.6. The Balaban J connectivity index is 1.63. The largest absolute Gasteiger partial charge is 0.438 e. The number of hydrogen-bond donors (Lipinski definition) is 0. The number of nitrogens with zero attached hydrogens (tertiary/aromatic N) is 2. The molecule has 0 aliphatic carbocycles. The van der Waals surface area contributed by atoms with Gasteiger partial charge in [0.05, 0.1) is 0 Å². The molecule has 4 heteroatoms. The summed E-state index contributed by atoms with van der Waals surface area (Å²) in [5.41, 5.74) is 4.02. The van der Waals surface area contributed by atoms with Crippen molar-refractivity contribution in [2.75, 3.05) is 6.54 Å². The van der Waals surface area contributed by atoms with Gasteiger partial charge in [-0.1, -0.05) is 54.6 Å². The zero-order valence-corrected chi connectivity index (χ0v) is 12.6. The number of amides is 1. The third kappa shape index (κ3) is 2.52. The molecule has 0 saturated carbocycles. The molecule has 4 rings (SSSR count). The first-order chi connectivity index (χ1) is 11.3. The van der Waals surface area contributed by atoms with Crippen LogP contribution in [-0.4, -0.2) is 22.3 Å². The lowest BCUT2D eigenvalue weighted by Gasteiger charge is -2.28. The van der Waals surface area contributed by atoms with Crippen LogP contribution in [0.3, 0.4) is 0 Å². The summed E-state index contributed by atoms with van der Waals surface area (Å²) in [5, 5.41) is 0. The van der Waals surface area contributed by atoms with Gasteiger partial charge in [-0.15, -0.1) is 0 Å². The van der Waals surface area contributed by atoms with Gasteiger partial charge < -0.3 is 9.32 Å². The summed E-state index contributed by atoms with van der Waals surface area (Å²) >= 11 is 0. The number of oxazole rings is 1. The molecular weight excluding hydrogens is 288 g/mol. The fraction of sp³-hybridized carbons (Fsp3) is 0.158. The minimum atomic E-state index is -0.101. The molecule has 114 valence electrons. The van der Waals surface area contributed by atoms with Crippen LogP contribution in [0.2, 0.25) is 0 Å². The Morgan fingerprint density at radius 3 is 2.57 bits per heavy atom. The van der Waals surface area contributed by atoms with Crippen LogP contribution in [0.1, 0.15) is 21.7 Å². The van der Waals surface area contributed by atoms with Crippen molar-refractivity contribution >= 4 is 5.91 Å². The highest BCUT2D eigenvalue weighted by Crippen LogP contribution is 2.25. The highest BCUT2D eigenvalue weighted by Gasteiger charge is 2.26. The van der Waals surface area contributed by atoms with Gasteiger partial charge in [-0.3, -0.25) is 4.79 Å². The fourth-order valence-corrected chi connectivity index (χ4v) is 3.01. The maximum Gasteiger partial charge on any atom is 0.292 e. The van der Waals surface area contributed by atoms with Gasteiger partial charge >= 0.3 is 0 Å². The van der Waals surface area contributed by atoms with E-state index < -0.39 is 0 Å². The first kappa shape index (κ1) is 13.8. The van der Waals surface area contributed by atoms with Crippen molar-refractivity contribution in [2.45, 2.75) is 13.0 Å². The molecule has 3 aromatic rings. The fourth-order valence-electron chi connectivity index (χ4n) is 3.01. The molecule has 4 nitrogen and oxygen atoms in total. The maximum atomic E-state index is 12.9. The monoisotopic (exact) mass is 304 g/mol. The van der Waals surface area contributed by atoms with Crippen LogP contribution in [0.5, 0.6) is 0 Å². The van der Waals surface area contributed by atoms with Gasteiger partial charge in [-0.2, -0.15) is 0 Å². The molecule has 1 aliphatic rings. The molecule has 0 radical (unpaired) electrons. The molecule has 0 spiro atoms. The second kappa shape index (κ2) is 5.72. The average Bonchev–Trinajstić information content (AvgIpc) is 3.11. The van der Waals surface area contributed by atoms with E-state index in [9.17, 15) is 4.79 Å². The van der Waals surface area contributed by atoms with E-state index in [0.717, 1.165) is 12.0 Å². The molecular formula is C19H16N2O2. The van der Waals surface area contributed by atoms with Crippen LogP contribution in [0.15, 0.2) is 65.4 Å². The summed E-state index contributed by atoms with van der Waals surface area (Å²) in [6, 6.07) is 17.9. The lowest BCUT2D eigenvalue weighted by molar-refractivity contribution is 0.0703. The first-order valence-corrected chi connectivity index (χ1v) is 7.68. The van der Waals surface area contributed by atoms with E-state index in [2.05, 4.69) is 17.1 Å². The number of carbonyl (C=O) groups is 1. The van der Waals surface area contributed by atoms with Gasteiger partial charge in [0.1, 0.15) is 5.69 Å². The molecule has 1 amide bonds. The summed E-state index contributed by atoms with van der Waals surface area (Å²) in [4.78, 5) is 18.9.